The van der Waals surface area contributed by atoms with Crippen LogP contribution < -0.4 is 4.90 Å². The van der Waals surface area contributed by atoms with E-state index in [0.717, 1.165) is 55.0 Å². The number of morpholine rings is 1. The number of thioether (sulfide) groups is 1. The van der Waals surface area contributed by atoms with Crippen molar-refractivity contribution < 1.29 is 18.3 Å². The topological polar surface area (TPSA) is 76.4 Å². The van der Waals surface area contributed by atoms with Crippen molar-refractivity contribution in [2.45, 2.75) is 76.9 Å². The predicted octanol–water partition coefficient (Wildman–Crippen LogP) is 6.51. The Morgan fingerprint density at radius 1 is 1.00 bits per heavy atom. The summed E-state index contributed by atoms with van der Waals surface area (Å²) in [7, 11) is 0. The molecule has 4 heterocycles. The molecule has 8 nitrogen and oxygen atoms in total. The van der Waals surface area contributed by atoms with Crippen LogP contribution in [0.2, 0.25) is 0 Å². The lowest BCUT2D eigenvalue weighted by Crippen LogP contribution is -2.37. The van der Waals surface area contributed by atoms with Crippen molar-refractivity contribution in [3.8, 4) is 5.82 Å². The van der Waals surface area contributed by atoms with E-state index in [1.54, 1.807) is 11.8 Å². The Hall–Kier alpha value is -2.79. The zero-order valence-corrected chi connectivity index (χ0v) is 26.8. The molecule has 11 heteroatoms. The van der Waals surface area contributed by atoms with Gasteiger partial charge in [-0.15, -0.1) is 0 Å². The monoisotopic (exact) mass is 626 g/mol. The number of ether oxygens (including phenoxy) is 1. The number of hydrogen-bond acceptors (Lipinski definition) is 7. The minimum atomic E-state index is -2.74. The number of fused-ring (bicyclic) bond motifs is 1. The number of carbonyl (C=O) groups is 1. The van der Waals surface area contributed by atoms with Crippen molar-refractivity contribution in [1.82, 2.24) is 24.4 Å². The first-order valence-corrected chi connectivity index (χ1v) is 17.6. The summed E-state index contributed by atoms with van der Waals surface area (Å²) < 4.78 is 36.0. The maximum atomic E-state index is 14.4. The third-order valence-electron chi connectivity index (χ3n) is 9.57. The summed E-state index contributed by atoms with van der Waals surface area (Å²) >= 11 is 1.70. The van der Waals surface area contributed by atoms with Crippen molar-refractivity contribution in [2.75, 3.05) is 50.5 Å². The van der Waals surface area contributed by atoms with Crippen molar-refractivity contribution >= 4 is 34.5 Å². The molecule has 2 aromatic heterocycles. The van der Waals surface area contributed by atoms with Crippen molar-refractivity contribution in [1.29, 1.82) is 0 Å². The van der Waals surface area contributed by atoms with Gasteiger partial charge in [-0.1, -0.05) is 19.3 Å². The summed E-state index contributed by atoms with van der Waals surface area (Å²) in [4.78, 5) is 30.5. The first kappa shape index (κ1) is 31.2. The van der Waals surface area contributed by atoms with Gasteiger partial charge in [-0.2, -0.15) is 11.8 Å². The Labute approximate surface area is 263 Å². The number of likely N-dealkylation sites (tertiary alicyclic amines) is 1. The number of imidazole rings is 1. The molecule has 0 unspecified atom stereocenters. The van der Waals surface area contributed by atoms with E-state index in [4.69, 9.17) is 14.7 Å². The molecule has 3 aromatic rings. The predicted molar refractivity (Wildman–Crippen MR) is 171 cm³/mol. The average molecular weight is 627 g/mol. The van der Waals surface area contributed by atoms with E-state index in [-0.39, 0.29) is 5.82 Å². The number of nitrogens with zero attached hydrogens (tertiary/aromatic N) is 6. The van der Waals surface area contributed by atoms with Gasteiger partial charge in [-0.05, 0) is 74.0 Å². The highest BCUT2D eigenvalue weighted by molar-refractivity contribution is 7.97. The van der Waals surface area contributed by atoms with Crippen LogP contribution in [0, 0.1) is 18.8 Å². The van der Waals surface area contributed by atoms with Crippen LogP contribution in [0.15, 0.2) is 18.2 Å². The molecule has 44 heavy (non-hydrogen) atoms. The average Bonchev–Trinajstić information content (AvgIpc) is 3.61. The second kappa shape index (κ2) is 14.1. The molecule has 0 radical (unpaired) electrons. The first-order valence-electron chi connectivity index (χ1n) is 16.2. The molecule has 0 spiro atoms. The van der Waals surface area contributed by atoms with E-state index in [0.29, 0.717) is 79.6 Å². The lowest BCUT2D eigenvalue weighted by molar-refractivity contribution is -0.128. The van der Waals surface area contributed by atoms with E-state index in [1.807, 2.05) is 31.4 Å². The van der Waals surface area contributed by atoms with Gasteiger partial charge in [-0.25, -0.2) is 23.7 Å². The summed E-state index contributed by atoms with van der Waals surface area (Å²) in [6.07, 6.45) is 8.53. The molecular weight excluding hydrogens is 582 g/mol. The van der Waals surface area contributed by atoms with Crippen LogP contribution in [-0.2, 0) is 21.7 Å². The lowest BCUT2D eigenvalue weighted by Gasteiger charge is -2.31. The Morgan fingerprint density at radius 2 is 1.75 bits per heavy atom. The van der Waals surface area contributed by atoms with Gasteiger partial charge >= 0.3 is 0 Å². The third kappa shape index (κ3) is 7.03. The second-order valence-corrected chi connectivity index (χ2v) is 13.5. The van der Waals surface area contributed by atoms with Crippen LogP contribution in [0.1, 0.15) is 80.6 Å². The molecule has 6 rings (SSSR count). The zero-order valence-electron chi connectivity index (χ0n) is 25.9. The fourth-order valence-corrected chi connectivity index (χ4v) is 7.72. The van der Waals surface area contributed by atoms with Crippen LogP contribution in [0.25, 0.3) is 16.9 Å². The third-order valence-corrected chi connectivity index (χ3v) is 10.2. The van der Waals surface area contributed by atoms with Crippen LogP contribution in [-0.4, -0.2) is 76.0 Å². The van der Waals surface area contributed by atoms with E-state index in [2.05, 4.69) is 14.8 Å². The van der Waals surface area contributed by atoms with Crippen LogP contribution in [0.3, 0.4) is 0 Å². The molecule has 0 bridgehead atoms. The lowest BCUT2D eigenvalue weighted by atomic mass is 9.79. The molecule has 238 valence electrons. The van der Waals surface area contributed by atoms with Crippen LogP contribution >= 0.6 is 11.8 Å². The molecule has 1 aromatic carbocycles. The van der Waals surface area contributed by atoms with Gasteiger partial charge in [-0.3, -0.25) is 9.36 Å². The summed E-state index contributed by atoms with van der Waals surface area (Å²) in [5.74, 6) is 4.02. The summed E-state index contributed by atoms with van der Waals surface area (Å²) in [5, 5.41) is 0. The van der Waals surface area contributed by atoms with Gasteiger partial charge in [0.15, 0.2) is 5.82 Å². The van der Waals surface area contributed by atoms with Gasteiger partial charge in [0.2, 0.25) is 5.91 Å². The Bertz CT molecular complexity index is 1450. The van der Waals surface area contributed by atoms with E-state index >= 15 is 0 Å². The smallest absolute Gasteiger partial charge is 0.296 e. The molecule has 3 aliphatic rings. The number of hydrogen-bond donors (Lipinski definition) is 0. The molecule has 1 aliphatic carbocycles. The van der Waals surface area contributed by atoms with Gasteiger partial charge in [0.25, 0.3) is 6.43 Å². The molecule has 2 aliphatic heterocycles. The number of alkyl halides is 2. The highest BCUT2D eigenvalue weighted by Crippen LogP contribution is 2.34. The second-order valence-electron chi connectivity index (χ2n) is 12.6. The molecule has 0 atom stereocenters. The van der Waals surface area contributed by atoms with Crippen LogP contribution in [0.4, 0.5) is 14.6 Å². The van der Waals surface area contributed by atoms with Crippen molar-refractivity contribution in [2.24, 2.45) is 11.8 Å². The molecule has 1 amide bonds. The number of amides is 1. The summed E-state index contributed by atoms with van der Waals surface area (Å²) in [6, 6.07) is 5.73. The first-order chi connectivity index (χ1) is 21.4. The summed E-state index contributed by atoms with van der Waals surface area (Å²) in [5.41, 5.74) is 3.37. The minimum Gasteiger partial charge on any atom is -0.378 e. The molecular formula is C33H44F2N6O2S. The fourth-order valence-electron chi connectivity index (χ4n) is 7.10. The maximum absolute atomic E-state index is 14.4. The Morgan fingerprint density at radius 3 is 2.45 bits per heavy atom. The zero-order chi connectivity index (χ0) is 30.6. The van der Waals surface area contributed by atoms with Gasteiger partial charge in [0.05, 0.1) is 24.2 Å². The minimum absolute atomic E-state index is 0.286. The number of rotatable bonds is 11. The van der Waals surface area contributed by atoms with Crippen molar-refractivity contribution in [3.05, 3.63) is 41.0 Å². The largest absolute Gasteiger partial charge is 0.378 e. The van der Waals surface area contributed by atoms with Gasteiger partial charge < -0.3 is 14.5 Å². The highest BCUT2D eigenvalue weighted by Gasteiger charge is 2.28. The molecule has 3 fully saturated rings. The Balaban J connectivity index is 1.21. The number of benzene rings is 1. The Kier molecular flexibility index (Phi) is 10.0. The normalized spacial score (nSPS) is 21.2. The van der Waals surface area contributed by atoms with Gasteiger partial charge in [0, 0.05) is 50.8 Å². The number of anilines is 1. The number of aryl methyl sites for hydroxylation is 2. The highest BCUT2D eigenvalue weighted by atomic mass is 32.2. The molecule has 0 N–H and O–H groups in total. The van der Waals surface area contributed by atoms with Crippen molar-refractivity contribution in [3.63, 3.8) is 0 Å². The van der Waals surface area contributed by atoms with Gasteiger partial charge in [0.1, 0.15) is 17.5 Å². The number of halogens is 2. The SMILES string of the molecule is CSCc1cc2nc(C(F)F)n(-c3cc(N4CCOCC4)nc(CCCC4CCC(CN5CCCC5=O)CC4)n3)c2cc1C. The quantitative estimate of drug-likeness (QED) is 0.240. The van der Waals surface area contributed by atoms with E-state index in [9.17, 15) is 13.6 Å². The summed E-state index contributed by atoms with van der Waals surface area (Å²) in [6.45, 7) is 6.49. The standard InChI is InChI=1S/C33H44F2N6O2S/c1-22-17-27-26(18-25(22)21-44-2)36-33(32(34)35)41(27)30-19-29(39-13-15-43-16-14-39)37-28(38-30)6-3-5-23-8-10-24(11-9-23)20-40-12-4-7-31(40)42/h17-19,23-24,32H,3-16,20-21H2,1-2H3. The fraction of sp³-hybridized carbons (Fsp3) is 0.636. The number of aromatic nitrogens is 4. The molecule has 1 saturated carbocycles. The van der Waals surface area contributed by atoms with E-state index in [1.165, 1.54) is 30.3 Å². The number of carbonyl (C=O) groups excluding carboxylic acids is 1. The maximum Gasteiger partial charge on any atom is 0.296 e. The van der Waals surface area contributed by atoms with E-state index < -0.39 is 6.43 Å². The van der Waals surface area contributed by atoms with Crippen LogP contribution in [0.5, 0.6) is 0 Å². The molecule has 2 saturated heterocycles.